The maximum atomic E-state index is 12.7. The van der Waals surface area contributed by atoms with Gasteiger partial charge in [0.15, 0.2) is 17.2 Å². The number of fused-ring (bicyclic) bond motifs is 5. The van der Waals surface area contributed by atoms with Gasteiger partial charge in [-0.15, -0.1) is 0 Å². The van der Waals surface area contributed by atoms with Crippen molar-refractivity contribution >= 4 is 29.1 Å². The van der Waals surface area contributed by atoms with Crippen LogP contribution in [0.3, 0.4) is 0 Å². The third kappa shape index (κ3) is 2.39. The van der Waals surface area contributed by atoms with Crippen LogP contribution in [0, 0.1) is 28.6 Å². The van der Waals surface area contributed by atoms with E-state index in [1.54, 1.807) is 19.1 Å². The van der Waals surface area contributed by atoms with Gasteiger partial charge < -0.3 is 4.74 Å². The maximum Gasteiger partial charge on any atom is 0.303 e. The normalized spacial score (nSPS) is 44.0. The van der Waals surface area contributed by atoms with E-state index in [-0.39, 0.29) is 28.8 Å². The van der Waals surface area contributed by atoms with Crippen molar-refractivity contribution < 1.29 is 19.1 Å². The molecule has 0 bridgehead atoms. The summed E-state index contributed by atoms with van der Waals surface area (Å²) in [6.07, 6.45) is 10.5. The van der Waals surface area contributed by atoms with E-state index >= 15 is 0 Å². The lowest BCUT2D eigenvalue weighted by Crippen LogP contribution is -2.58. The van der Waals surface area contributed by atoms with Gasteiger partial charge in [0.05, 0.1) is 0 Å². The van der Waals surface area contributed by atoms with Crippen molar-refractivity contribution in [3.63, 3.8) is 0 Å². The van der Waals surface area contributed by atoms with Crippen LogP contribution in [0.25, 0.3) is 0 Å². The monoisotopic (exact) mass is 402 g/mol. The predicted molar refractivity (Wildman–Crippen MR) is 106 cm³/mol. The molecular formula is C23H27ClO4. The summed E-state index contributed by atoms with van der Waals surface area (Å²) in [5, 5.41) is 0.638. The minimum atomic E-state index is -1.05. The van der Waals surface area contributed by atoms with E-state index in [0.717, 1.165) is 24.8 Å². The number of allylic oxidation sites excluding steroid dienone is 6. The second-order valence-corrected chi connectivity index (χ2v) is 9.76. The molecule has 150 valence electrons. The Labute approximate surface area is 171 Å². The minimum Gasteiger partial charge on any atom is -0.451 e. The fraction of sp³-hybridized carbons (Fsp3) is 0.609. The molecular weight excluding hydrogens is 376 g/mol. The Kier molecular flexibility index (Phi) is 4.32. The van der Waals surface area contributed by atoms with E-state index in [9.17, 15) is 14.4 Å². The maximum absolute atomic E-state index is 12.7. The molecule has 4 rings (SSSR count). The summed E-state index contributed by atoms with van der Waals surface area (Å²) in [5.41, 5.74) is -0.841. The van der Waals surface area contributed by atoms with Gasteiger partial charge in [-0.2, -0.15) is 0 Å². The molecule has 2 fully saturated rings. The zero-order valence-electron chi connectivity index (χ0n) is 16.9. The average molecular weight is 403 g/mol. The van der Waals surface area contributed by atoms with Gasteiger partial charge >= 0.3 is 5.97 Å². The molecule has 0 spiro atoms. The van der Waals surface area contributed by atoms with Crippen LogP contribution in [-0.2, 0) is 19.1 Å². The first-order valence-electron chi connectivity index (χ1n) is 10.1. The third-order valence-electron chi connectivity index (χ3n) is 8.17. The molecule has 0 aromatic heterocycles. The van der Waals surface area contributed by atoms with Gasteiger partial charge in [-0.1, -0.05) is 37.6 Å². The number of carbonyl (C=O) groups is 3. The Morgan fingerprint density at radius 3 is 2.46 bits per heavy atom. The quantitative estimate of drug-likeness (QED) is 0.637. The Bertz CT molecular complexity index is 868. The molecule has 0 aromatic carbocycles. The van der Waals surface area contributed by atoms with Gasteiger partial charge in [0.25, 0.3) is 0 Å². The molecule has 4 aliphatic carbocycles. The number of halogens is 1. The van der Waals surface area contributed by atoms with Gasteiger partial charge in [0, 0.05) is 22.8 Å². The first-order valence-corrected chi connectivity index (χ1v) is 10.5. The van der Waals surface area contributed by atoms with Crippen molar-refractivity contribution in [3.8, 4) is 0 Å². The zero-order valence-corrected chi connectivity index (χ0v) is 17.6. The van der Waals surface area contributed by atoms with Gasteiger partial charge in [0.2, 0.25) is 0 Å². The highest BCUT2D eigenvalue weighted by Gasteiger charge is 2.67. The number of Topliss-reactive ketones (excluding diaryl/α,β-unsaturated/α-hetero) is 1. The van der Waals surface area contributed by atoms with E-state index in [4.69, 9.17) is 16.3 Å². The average Bonchev–Trinajstić information content (AvgIpc) is 2.90. The smallest absolute Gasteiger partial charge is 0.303 e. The van der Waals surface area contributed by atoms with E-state index in [2.05, 4.69) is 19.9 Å². The van der Waals surface area contributed by atoms with Crippen LogP contribution < -0.4 is 0 Å². The fourth-order valence-electron chi connectivity index (χ4n) is 6.79. The molecule has 0 heterocycles. The van der Waals surface area contributed by atoms with Gasteiger partial charge in [-0.3, -0.25) is 14.4 Å². The third-order valence-corrected chi connectivity index (χ3v) is 8.50. The minimum absolute atomic E-state index is 0.0237. The summed E-state index contributed by atoms with van der Waals surface area (Å²) < 4.78 is 5.77. The molecule has 4 aliphatic rings. The Hall–Kier alpha value is -1.68. The standard InChI is InChI=1S/C23H27ClO4/c1-13(25)23(28-14(2)26)10-7-18-16-12-20(24)19-11-15(27)5-8-21(19,3)17(16)6-9-22(18,23)4/h5,8,11-12,16-18H,6-7,9-10H2,1-4H3/t16-,17+,18+,21-,22+,23+/m1/s1. The fourth-order valence-corrected chi connectivity index (χ4v) is 7.19. The molecule has 0 unspecified atom stereocenters. The molecule has 6 atom stereocenters. The molecule has 0 aromatic rings. The summed E-state index contributed by atoms with van der Waals surface area (Å²) in [5.74, 6) is 0.207. The van der Waals surface area contributed by atoms with Crippen LogP contribution in [0.15, 0.2) is 34.9 Å². The molecule has 0 N–H and O–H groups in total. The van der Waals surface area contributed by atoms with Crippen molar-refractivity contribution in [1.29, 1.82) is 0 Å². The van der Waals surface area contributed by atoms with Crippen LogP contribution in [0.5, 0.6) is 0 Å². The van der Waals surface area contributed by atoms with Crippen molar-refractivity contribution in [2.75, 3.05) is 0 Å². The summed E-state index contributed by atoms with van der Waals surface area (Å²) in [6.45, 7) is 7.20. The number of carbonyl (C=O) groups excluding carboxylic acids is 3. The topological polar surface area (TPSA) is 60.4 Å². The molecule has 4 nitrogen and oxygen atoms in total. The van der Waals surface area contributed by atoms with E-state index < -0.39 is 17.0 Å². The molecule has 0 aliphatic heterocycles. The van der Waals surface area contributed by atoms with E-state index in [1.165, 1.54) is 6.92 Å². The highest BCUT2D eigenvalue weighted by molar-refractivity contribution is 6.32. The summed E-state index contributed by atoms with van der Waals surface area (Å²) >= 11 is 6.67. The highest BCUT2D eigenvalue weighted by Crippen LogP contribution is 2.67. The van der Waals surface area contributed by atoms with E-state index in [0.29, 0.717) is 17.4 Å². The molecule has 28 heavy (non-hydrogen) atoms. The van der Waals surface area contributed by atoms with Crippen LogP contribution in [0.1, 0.15) is 53.4 Å². The second kappa shape index (κ2) is 6.16. The Morgan fingerprint density at radius 2 is 1.82 bits per heavy atom. The molecule has 0 saturated heterocycles. The lowest BCUT2D eigenvalue weighted by Gasteiger charge is -2.56. The van der Waals surface area contributed by atoms with Crippen molar-refractivity contribution in [2.24, 2.45) is 28.6 Å². The largest absolute Gasteiger partial charge is 0.451 e. The zero-order chi connectivity index (χ0) is 20.5. The SMILES string of the molecule is CC(=O)O[C@]1(C(C)=O)CC[C@H]2[C@@H]3C=C(Cl)C4=CC(=O)C=C[C@]4(C)[C@H]3CC[C@@]21C. The Balaban J connectivity index is 1.80. The second-order valence-electron chi connectivity index (χ2n) is 9.35. The number of ketones is 2. The van der Waals surface area contributed by atoms with Crippen LogP contribution in [0.4, 0.5) is 0 Å². The molecule has 0 radical (unpaired) electrons. The number of hydrogen-bond acceptors (Lipinski definition) is 4. The van der Waals surface area contributed by atoms with Gasteiger partial charge in [-0.05, 0) is 68.1 Å². The van der Waals surface area contributed by atoms with Gasteiger partial charge in [0.1, 0.15) is 0 Å². The highest BCUT2D eigenvalue weighted by atomic mass is 35.5. The molecule has 5 heteroatoms. The summed E-state index contributed by atoms with van der Waals surface area (Å²) in [6, 6.07) is 0. The summed E-state index contributed by atoms with van der Waals surface area (Å²) in [7, 11) is 0. The first kappa shape index (κ1) is 19.6. The number of ether oxygens (including phenoxy) is 1. The molecule has 0 amide bonds. The van der Waals surface area contributed by atoms with Crippen molar-refractivity contribution in [2.45, 2.75) is 59.0 Å². The summed E-state index contributed by atoms with van der Waals surface area (Å²) in [4.78, 5) is 36.5. The predicted octanol–water partition coefficient (Wildman–Crippen LogP) is 4.53. The van der Waals surface area contributed by atoms with Crippen molar-refractivity contribution in [1.82, 2.24) is 0 Å². The Morgan fingerprint density at radius 1 is 1.14 bits per heavy atom. The van der Waals surface area contributed by atoms with Crippen LogP contribution >= 0.6 is 11.6 Å². The van der Waals surface area contributed by atoms with Crippen LogP contribution in [0.2, 0.25) is 0 Å². The first-order chi connectivity index (χ1) is 13.0. The number of hydrogen-bond donors (Lipinski definition) is 0. The van der Waals surface area contributed by atoms with Crippen molar-refractivity contribution in [3.05, 3.63) is 34.9 Å². The lowest BCUT2D eigenvalue weighted by atomic mass is 9.48. The number of esters is 1. The lowest BCUT2D eigenvalue weighted by molar-refractivity contribution is -0.184. The van der Waals surface area contributed by atoms with E-state index in [1.807, 2.05) is 6.08 Å². The van der Waals surface area contributed by atoms with Gasteiger partial charge in [-0.25, -0.2) is 0 Å². The number of rotatable bonds is 2. The molecule has 2 saturated carbocycles. The van der Waals surface area contributed by atoms with Crippen LogP contribution in [-0.4, -0.2) is 23.1 Å².